The zero-order valence-corrected chi connectivity index (χ0v) is 14.2. The van der Waals surface area contributed by atoms with E-state index in [2.05, 4.69) is 9.88 Å². The van der Waals surface area contributed by atoms with Crippen molar-refractivity contribution in [1.82, 2.24) is 14.3 Å². The number of amides is 1. The van der Waals surface area contributed by atoms with Crippen LogP contribution in [0.1, 0.15) is 0 Å². The molecular weight excluding hydrogens is 337 g/mol. The maximum absolute atomic E-state index is 13.6. The Hall–Kier alpha value is -2.71. The lowest BCUT2D eigenvalue weighted by molar-refractivity contribution is -0.133. The molecule has 0 aliphatic carbocycles. The van der Waals surface area contributed by atoms with Gasteiger partial charge in [-0.2, -0.15) is 0 Å². The highest BCUT2D eigenvalue weighted by molar-refractivity contribution is 5.85. The topological polar surface area (TPSA) is 87.1 Å². The lowest BCUT2D eigenvalue weighted by Crippen LogP contribution is -2.54. The molecule has 0 unspecified atom stereocenters. The second-order valence-corrected chi connectivity index (χ2v) is 6.43. The van der Waals surface area contributed by atoms with Gasteiger partial charge in [0.15, 0.2) is 5.82 Å². The molecule has 3 aromatic rings. The normalized spacial score (nSPS) is 16.4. The zero-order valence-electron chi connectivity index (χ0n) is 14.2. The summed E-state index contributed by atoms with van der Waals surface area (Å²) in [5, 5.41) is 9.06. The van der Waals surface area contributed by atoms with Crippen molar-refractivity contribution in [3.8, 4) is 0 Å². The minimum absolute atomic E-state index is 0.242. The van der Waals surface area contributed by atoms with E-state index in [1.165, 1.54) is 12.1 Å². The summed E-state index contributed by atoms with van der Waals surface area (Å²) in [6.45, 7) is 1.84. The number of aliphatic hydroxyl groups is 1. The summed E-state index contributed by atoms with van der Waals surface area (Å²) >= 11 is 0. The van der Waals surface area contributed by atoms with Crippen LogP contribution in [0.5, 0.6) is 0 Å². The van der Waals surface area contributed by atoms with E-state index in [1.807, 2.05) is 22.7 Å². The molecule has 0 saturated carbocycles. The van der Waals surface area contributed by atoms with Gasteiger partial charge in [0, 0.05) is 38.4 Å². The number of nitrogens with zero attached hydrogens (tertiary/aromatic N) is 4. The Morgan fingerprint density at radius 3 is 2.73 bits per heavy atom. The summed E-state index contributed by atoms with van der Waals surface area (Å²) in [6.07, 6.45) is 1.93. The average molecular weight is 357 g/mol. The van der Waals surface area contributed by atoms with Gasteiger partial charge in [0.1, 0.15) is 11.9 Å². The maximum Gasteiger partial charge on any atom is 0.241 e. The zero-order chi connectivity index (χ0) is 18.3. The number of anilines is 1. The molecule has 2 aromatic heterocycles. The van der Waals surface area contributed by atoms with Crippen molar-refractivity contribution >= 4 is 28.3 Å². The highest BCUT2D eigenvalue weighted by Crippen LogP contribution is 2.26. The van der Waals surface area contributed by atoms with Crippen LogP contribution in [0.2, 0.25) is 0 Å². The standard InChI is InChI=1S/C18H20FN5O2/c19-12-3-4-15-14(10-12)21-17(16-2-1-5-24(15)16)22-6-8-23(9-7-22)18(26)13(20)11-25/h1-5,10,13,25H,6-9,11,20H2/t13-/m1/s1. The van der Waals surface area contributed by atoms with E-state index in [-0.39, 0.29) is 18.3 Å². The summed E-state index contributed by atoms with van der Waals surface area (Å²) in [4.78, 5) is 20.5. The molecule has 8 heteroatoms. The van der Waals surface area contributed by atoms with Gasteiger partial charge in [-0.3, -0.25) is 4.79 Å². The molecular formula is C18H20FN5O2. The van der Waals surface area contributed by atoms with Crippen molar-refractivity contribution in [2.24, 2.45) is 5.73 Å². The Labute approximate surface area is 149 Å². The number of rotatable bonds is 3. The number of hydrogen-bond acceptors (Lipinski definition) is 5. The maximum atomic E-state index is 13.6. The van der Waals surface area contributed by atoms with Crippen molar-refractivity contribution in [3.05, 3.63) is 42.3 Å². The quantitative estimate of drug-likeness (QED) is 0.717. The number of halogens is 1. The summed E-state index contributed by atoms with van der Waals surface area (Å²) in [5.41, 5.74) is 8.00. The van der Waals surface area contributed by atoms with Crippen LogP contribution in [0.3, 0.4) is 0 Å². The van der Waals surface area contributed by atoms with Crippen LogP contribution < -0.4 is 10.6 Å². The summed E-state index contributed by atoms with van der Waals surface area (Å²) < 4.78 is 15.6. The molecule has 3 N–H and O–H groups in total. The van der Waals surface area contributed by atoms with Crippen LogP contribution in [0.15, 0.2) is 36.5 Å². The first-order valence-electron chi connectivity index (χ1n) is 8.55. The molecule has 26 heavy (non-hydrogen) atoms. The SMILES string of the molecule is N[C@H](CO)C(=O)N1CCN(c2nc3cc(F)ccc3n3cccc23)CC1. The number of nitrogens with two attached hydrogens (primary N) is 1. The van der Waals surface area contributed by atoms with Gasteiger partial charge in [-0.05, 0) is 24.3 Å². The third-order valence-corrected chi connectivity index (χ3v) is 4.81. The fourth-order valence-corrected chi connectivity index (χ4v) is 3.42. The number of aliphatic hydroxyl groups excluding tert-OH is 1. The van der Waals surface area contributed by atoms with E-state index in [9.17, 15) is 9.18 Å². The molecule has 1 saturated heterocycles. The summed E-state index contributed by atoms with van der Waals surface area (Å²) in [7, 11) is 0. The minimum Gasteiger partial charge on any atom is -0.394 e. The predicted molar refractivity (Wildman–Crippen MR) is 96.5 cm³/mol. The highest BCUT2D eigenvalue weighted by atomic mass is 19.1. The largest absolute Gasteiger partial charge is 0.394 e. The van der Waals surface area contributed by atoms with Crippen LogP contribution in [-0.2, 0) is 4.79 Å². The highest BCUT2D eigenvalue weighted by Gasteiger charge is 2.26. The molecule has 3 heterocycles. The molecule has 136 valence electrons. The first kappa shape index (κ1) is 16.7. The number of benzene rings is 1. The monoisotopic (exact) mass is 357 g/mol. The second kappa shape index (κ2) is 6.54. The Morgan fingerprint density at radius 1 is 1.23 bits per heavy atom. The minimum atomic E-state index is -0.874. The number of fused-ring (bicyclic) bond motifs is 3. The van der Waals surface area contributed by atoms with Gasteiger partial charge >= 0.3 is 0 Å². The number of aromatic nitrogens is 2. The van der Waals surface area contributed by atoms with Crippen molar-refractivity contribution in [2.75, 3.05) is 37.7 Å². The Kier molecular flexibility index (Phi) is 4.21. The van der Waals surface area contributed by atoms with Crippen molar-refractivity contribution in [2.45, 2.75) is 6.04 Å². The van der Waals surface area contributed by atoms with Gasteiger partial charge in [-0.1, -0.05) is 0 Å². The van der Waals surface area contributed by atoms with Crippen molar-refractivity contribution < 1.29 is 14.3 Å². The fraction of sp³-hybridized carbons (Fsp3) is 0.333. The van der Waals surface area contributed by atoms with Crippen LogP contribution in [0.25, 0.3) is 16.6 Å². The van der Waals surface area contributed by atoms with E-state index in [4.69, 9.17) is 10.8 Å². The number of carbonyl (C=O) groups is 1. The van der Waals surface area contributed by atoms with E-state index < -0.39 is 6.04 Å². The molecule has 0 bridgehead atoms. The van der Waals surface area contributed by atoms with Gasteiger partial charge in [-0.25, -0.2) is 9.37 Å². The van der Waals surface area contributed by atoms with Crippen molar-refractivity contribution in [3.63, 3.8) is 0 Å². The van der Waals surface area contributed by atoms with Gasteiger partial charge in [0.05, 0.1) is 23.2 Å². The third kappa shape index (κ3) is 2.77. The molecule has 1 atom stereocenters. The third-order valence-electron chi connectivity index (χ3n) is 4.81. The van der Waals surface area contributed by atoms with Crippen LogP contribution >= 0.6 is 0 Å². The predicted octanol–water partition coefficient (Wildman–Crippen LogP) is 0.595. The molecule has 1 aliphatic heterocycles. The average Bonchev–Trinajstić information content (AvgIpc) is 3.16. The van der Waals surface area contributed by atoms with Crippen molar-refractivity contribution in [1.29, 1.82) is 0 Å². The van der Waals surface area contributed by atoms with Crippen LogP contribution in [0.4, 0.5) is 10.2 Å². The first-order valence-corrected chi connectivity index (χ1v) is 8.55. The Balaban J connectivity index is 1.65. The Bertz CT molecular complexity index is 965. The first-order chi connectivity index (χ1) is 12.6. The molecule has 0 spiro atoms. The number of hydrogen-bond donors (Lipinski definition) is 2. The molecule has 4 rings (SSSR count). The summed E-state index contributed by atoms with van der Waals surface area (Å²) in [6, 6.07) is 7.62. The summed E-state index contributed by atoms with van der Waals surface area (Å²) in [5.74, 6) is 0.205. The van der Waals surface area contributed by atoms with E-state index >= 15 is 0 Å². The van der Waals surface area contributed by atoms with Crippen LogP contribution in [-0.4, -0.2) is 64.1 Å². The van der Waals surface area contributed by atoms with E-state index in [0.29, 0.717) is 31.7 Å². The smallest absolute Gasteiger partial charge is 0.241 e. The number of piperazine rings is 1. The van der Waals surface area contributed by atoms with Gasteiger partial charge < -0.3 is 25.0 Å². The van der Waals surface area contributed by atoms with Gasteiger partial charge in [-0.15, -0.1) is 0 Å². The van der Waals surface area contributed by atoms with E-state index in [1.54, 1.807) is 11.0 Å². The molecule has 1 amide bonds. The molecule has 1 fully saturated rings. The second-order valence-electron chi connectivity index (χ2n) is 6.43. The molecule has 1 aromatic carbocycles. The lowest BCUT2D eigenvalue weighted by Gasteiger charge is -2.36. The number of carbonyl (C=O) groups excluding carboxylic acids is 1. The van der Waals surface area contributed by atoms with E-state index in [0.717, 1.165) is 16.9 Å². The Morgan fingerprint density at radius 2 is 2.00 bits per heavy atom. The molecule has 1 aliphatic rings. The van der Waals surface area contributed by atoms with Crippen LogP contribution in [0, 0.1) is 5.82 Å². The van der Waals surface area contributed by atoms with Gasteiger partial charge in [0.2, 0.25) is 5.91 Å². The molecule has 0 radical (unpaired) electrons. The fourth-order valence-electron chi connectivity index (χ4n) is 3.42. The lowest BCUT2D eigenvalue weighted by atomic mass is 10.2. The van der Waals surface area contributed by atoms with Gasteiger partial charge in [0.25, 0.3) is 0 Å². The molecule has 7 nitrogen and oxygen atoms in total.